The van der Waals surface area contributed by atoms with E-state index in [1.807, 2.05) is 5.92 Å². The number of rotatable bonds is 5. The van der Waals surface area contributed by atoms with Gasteiger partial charge in [-0.3, -0.25) is 4.79 Å². The summed E-state index contributed by atoms with van der Waals surface area (Å²) in [5.41, 5.74) is 0. The minimum absolute atomic E-state index is 0.173. The standard InChI is InChI=1S/C9H12O4/c10-8(11)6-4-2-1-3-5-7-9(12)13/h1-4,6H2,(H,10,11)(H,12,13). The van der Waals surface area contributed by atoms with E-state index < -0.39 is 11.9 Å². The van der Waals surface area contributed by atoms with Crippen LogP contribution in [0, 0.1) is 11.8 Å². The quantitative estimate of drug-likeness (QED) is 0.495. The van der Waals surface area contributed by atoms with Gasteiger partial charge >= 0.3 is 11.9 Å². The lowest BCUT2D eigenvalue weighted by molar-refractivity contribution is -0.137. The highest BCUT2D eigenvalue weighted by Gasteiger charge is 1.94. The van der Waals surface area contributed by atoms with Crippen molar-refractivity contribution in [1.29, 1.82) is 0 Å². The number of carboxylic acid groups (broad SMARTS) is 2. The molecule has 4 nitrogen and oxygen atoms in total. The zero-order chi connectivity index (χ0) is 10.1. The number of unbranched alkanes of at least 4 members (excludes halogenated alkanes) is 3. The Hall–Kier alpha value is -1.50. The molecule has 0 unspecified atom stereocenters. The highest BCUT2D eigenvalue weighted by molar-refractivity contribution is 5.86. The average molecular weight is 184 g/mol. The topological polar surface area (TPSA) is 74.6 Å². The lowest BCUT2D eigenvalue weighted by atomic mass is 10.1. The first-order chi connectivity index (χ1) is 6.13. The van der Waals surface area contributed by atoms with Gasteiger partial charge in [0.05, 0.1) is 0 Å². The molecule has 0 saturated heterocycles. The molecule has 0 radical (unpaired) electrons. The Kier molecular flexibility index (Phi) is 6.34. The first-order valence-corrected chi connectivity index (χ1v) is 4.06. The predicted molar refractivity (Wildman–Crippen MR) is 46.1 cm³/mol. The van der Waals surface area contributed by atoms with Crippen LogP contribution in [0.1, 0.15) is 32.1 Å². The van der Waals surface area contributed by atoms with E-state index >= 15 is 0 Å². The minimum Gasteiger partial charge on any atom is -0.481 e. The number of aliphatic carboxylic acids is 2. The van der Waals surface area contributed by atoms with E-state index in [1.165, 1.54) is 0 Å². The molecule has 0 aromatic carbocycles. The maximum Gasteiger partial charge on any atom is 0.381 e. The largest absolute Gasteiger partial charge is 0.481 e. The molecule has 0 saturated carbocycles. The highest BCUT2D eigenvalue weighted by atomic mass is 16.4. The van der Waals surface area contributed by atoms with Crippen molar-refractivity contribution < 1.29 is 19.8 Å². The van der Waals surface area contributed by atoms with E-state index in [-0.39, 0.29) is 6.42 Å². The maximum absolute atomic E-state index is 10.1. The Balaban J connectivity index is 3.23. The SMILES string of the molecule is O=C(O)C#CCCCCCC(=O)O. The van der Waals surface area contributed by atoms with Gasteiger partial charge in [0.15, 0.2) is 0 Å². The van der Waals surface area contributed by atoms with E-state index in [1.54, 1.807) is 0 Å². The monoisotopic (exact) mass is 184 g/mol. The molecule has 0 aliphatic carbocycles. The van der Waals surface area contributed by atoms with Gasteiger partial charge in [0, 0.05) is 18.8 Å². The van der Waals surface area contributed by atoms with Crippen LogP contribution in [0.2, 0.25) is 0 Å². The van der Waals surface area contributed by atoms with Gasteiger partial charge < -0.3 is 10.2 Å². The third-order valence-corrected chi connectivity index (χ3v) is 1.39. The third kappa shape index (κ3) is 10.5. The second-order valence-corrected chi connectivity index (χ2v) is 2.56. The van der Waals surface area contributed by atoms with Crippen molar-refractivity contribution in [2.75, 3.05) is 0 Å². The van der Waals surface area contributed by atoms with Crippen LogP contribution in [0.3, 0.4) is 0 Å². The summed E-state index contributed by atoms with van der Waals surface area (Å²) in [5.74, 6) is 2.56. The minimum atomic E-state index is -1.12. The van der Waals surface area contributed by atoms with Gasteiger partial charge in [-0.15, -0.1) is 0 Å². The van der Waals surface area contributed by atoms with Crippen molar-refractivity contribution >= 4 is 11.9 Å². The molecular formula is C9H12O4. The number of hydrogen-bond donors (Lipinski definition) is 2. The van der Waals surface area contributed by atoms with Crippen molar-refractivity contribution in [2.45, 2.75) is 32.1 Å². The lowest BCUT2D eigenvalue weighted by Crippen LogP contribution is -1.93. The van der Waals surface area contributed by atoms with Gasteiger partial charge in [-0.25, -0.2) is 4.79 Å². The molecule has 0 amide bonds. The summed E-state index contributed by atoms with van der Waals surface area (Å²) >= 11 is 0. The summed E-state index contributed by atoms with van der Waals surface area (Å²) in [6, 6.07) is 0. The summed E-state index contributed by atoms with van der Waals surface area (Å²) in [4.78, 5) is 20.0. The Morgan fingerprint density at radius 1 is 1.08 bits per heavy atom. The van der Waals surface area contributed by atoms with Crippen LogP contribution in [-0.2, 0) is 9.59 Å². The molecule has 13 heavy (non-hydrogen) atoms. The first-order valence-electron chi connectivity index (χ1n) is 4.06. The average Bonchev–Trinajstić information content (AvgIpc) is 2.01. The molecule has 0 aliphatic heterocycles. The van der Waals surface area contributed by atoms with Crippen LogP contribution in [0.5, 0.6) is 0 Å². The Morgan fingerprint density at radius 3 is 2.31 bits per heavy atom. The molecule has 0 bridgehead atoms. The third-order valence-electron chi connectivity index (χ3n) is 1.39. The van der Waals surface area contributed by atoms with E-state index in [4.69, 9.17) is 10.2 Å². The maximum atomic E-state index is 10.1. The smallest absolute Gasteiger partial charge is 0.381 e. The summed E-state index contributed by atoms with van der Waals surface area (Å²) in [7, 11) is 0. The molecule has 0 rings (SSSR count). The van der Waals surface area contributed by atoms with E-state index in [2.05, 4.69) is 5.92 Å². The van der Waals surface area contributed by atoms with Crippen molar-refractivity contribution in [2.24, 2.45) is 0 Å². The zero-order valence-corrected chi connectivity index (χ0v) is 7.25. The van der Waals surface area contributed by atoms with E-state index in [0.29, 0.717) is 12.8 Å². The molecular weight excluding hydrogens is 172 g/mol. The predicted octanol–water partition coefficient (Wildman–Crippen LogP) is 1.11. The lowest BCUT2D eigenvalue weighted by Gasteiger charge is -1.93. The normalized spacial score (nSPS) is 8.62. The van der Waals surface area contributed by atoms with E-state index in [0.717, 1.165) is 12.8 Å². The summed E-state index contributed by atoms with van der Waals surface area (Å²) in [6.45, 7) is 0. The Morgan fingerprint density at radius 2 is 1.77 bits per heavy atom. The van der Waals surface area contributed by atoms with Crippen LogP contribution in [-0.4, -0.2) is 22.2 Å². The second kappa shape index (κ2) is 7.17. The molecule has 0 aromatic rings. The summed E-state index contributed by atoms with van der Waals surface area (Å²) in [5, 5.41) is 16.4. The van der Waals surface area contributed by atoms with Gasteiger partial charge in [0.25, 0.3) is 0 Å². The Bertz CT molecular complexity index is 234. The fraction of sp³-hybridized carbons (Fsp3) is 0.556. The molecule has 4 heteroatoms. The number of carbonyl (C=O) groups is 2. The molecule has 72 valence electrons. The van der Waals surface area contributed by atoms with Crippen LogP contribution >= 0.6 is 0 Å². The Labute approximate surface area is 76.6 Å². The van der Waals surface area contributed by atoms with Crippen molar-refractivity contribution in [3.63, 3.8) is 0 Å². The molecule has 0 atom stereocenters. The fourth-order valence-electron chi connectivity index (χ4n) is 0.805. The molecule has 0 fully saturated rings. The van der Waals surface area contributed by atoms with Crippen LogP contribution in [0.25, 0.3) is 0 Å². The molecule has 0 spiro atoms. The van der Waals surface area contributed by atoms with Crippen molar-refractivity contribution in [3.05, 3.63) is 0 Å². The van der Waals surface area contributed by atoms with Gasteiger partial charge in [0.1, 0.15) is 0 Å². The van der Waals surface area contributed by atoms with Gasteiger partial charge in [0.2, 0.25) is 0 Å². The fourth-order valence-corrected chi connectivity index (χ4v) is 0.805. The number of hydrogen-bond acceptors (Lipinski definition) is 2. The first kappa shape index (κ1) is 11.5. The van der Waals surface area contributed by atoms with Gasteiger partial charge in [-0.1, -0.05) is 12.3 Å². The van der Waals surface area contributed by atoms with Gasteiger partial charge in [-0.2, -0.15) is 0 Å². The van der Waals surface area contributed by atoms with Crippen molar-refractivity contribution in [3.8, 4) is 11.8 Å². The summed E-state index contributed by atoms with van der Waals surface area (Å²) < 4.78 is 0. The summed E-state index contributed by atoms with van der Waals surface area (Å²) in [6.07, 6.45) is 2.86. The van der Waals surface area contributed by atoms with Crippen LogP contribution < -0.4 is 0 Å². The number of carboxylic acids is 2. The molecule has 0 aromatic heterocycles. The van der Waals surface area contributed by atoms with Crippen LogP contribution in [0.4, 0.5) is 0 Å². The second-order valence-electron chi connectivity index (χ2n) is 2.56. The molecule has 0 aliphatic rings. The van der Waals surface area contributed by atoms with Gasteiger partial charge in [-0.05, 0) is 12.8 Å². The highest BCUT2D eigenvalue weighted by Crippen LogP contribution is 2.01. The van der Waals surface area contributed by atoms with Crippen molar-refractivity contribution in [1.82, 2.24) is 0 Å². The van der Waals surface area contributed by atoms with Crippen LogP contribution in [0.15, 0.2) is 0 Å². The molecule has 2 N–H and O–H groups in total. The van der Waals surface area contributed by atoms with E-state index in [9.17, 15) is 9.59 Å². The molecule has 0 heterocycles. The zero-order valence-electron chi connectivity index (χ0n) is 7.25.